The summed E-state index contributed by atoms with van der Waals surface area (Å²) in [5.74, 6) is 0.521. The fraction of sp³-hybridized carbons (Fsp3) is 0.500. The van der Waals surface area contributed by atoms with Crippen molar-refractivity contribution < 1.29 is 9.53 Å². The molecule has 1 aliphatic rings. The van der Waals surface area contributed by atoms with Gasteiger partial charge in [0, 0.05) is 35.2 Å². The van der Waals surface area contributed by atoms with Crippen molar-refractivity contribution in [3.63, 3.8) is 0 Å². The van der Waals surface area contributed by atoms with Crippen LogP contribution in [0, 0.1) is 12.8 Å². The molecule has 0 aliphatic carbocycles. The molecule has 0 bridgehead atoms. The van der Waals surface area contributed by atoms with E-state index in [4.69, 9.17) is 4.74 Å². The molecule has 4 nitrogen and oxygen atoms in total. The first-order valence-electron chi connectivity index (χ1n) is 8.08. The van der Waals surface area contributed by atoms with E-state index in [0.717, 1.165) is 48.2 Å². The van der Waals surface area contributed by atoms with Gasteiger partial charge in [-0.1, -0.05) is 18.2 Å². The molecule has 1 aliphatic heterocycles. The van der Waals surface area contributed by atoms with Gasteiger partial charge in [0.15, 0.2) is 0 Å². The zero-order chi connectivity index (χ0) is 15.5. The number of aromatic nitrogens is 1. The Kier molecular flexibility index (Phi) is 4.48. The van der Waals surface area contributed by atoms with Gasteiger partial charge in [-0.05, 0) is 38.3 Å². The Hall–Kier alpha value is -1.81. The van der Waals surface area contributed by atoms with Crippen molar-refractivity contribution in [3.05, 3.63) is 35.5 Å². The van der Waals surface area contributed by atoms with Crippen LogP contribution in [0.4, 0.5) is 0 Å². The van der Waals surface area contributed by atoms with E-state index in [2.05, 4.69) is 23.3 Å². The van der Waals surface area contributed by atoms with Gasteiger partial charge in [-0.25, -0.2) is 0 Å². The number of amides is 1. The normalized spacial score (nSPS) is 20.0. The monoisotopic (exact) mass is 300 g/mol. The number of rotatable bonds is 4. The average Bonchev–Trinajstić information content (AvgIpc) is 2.84. The van der Waals surface area contributed by atoms with Gasteiger partial charge in [-0.15, -0.1) is 0 Å². The third kappa shape index (κ3) is 3.17. The van der Waals surface area contributed by atoms with Gasteiger partial charge in [0.2, 0.25) is 5.91 Å². The van der Waals surface area contributed by atoms with Crippen molar-refractivity contribution in [2.24, 2.45) is 5.92 Å². The Balaban J connectivity index is 1.66. The largest absolute Gasteiger partial charge is 0.381 e. The van der Waals surface area contributed by atoms with E-state index in [-0.39, 0.29) is 11.9 Å². The van der Waals surface area contributed by atoms with Crippen molar-refractivity contribution in [2.75, 3.05) is 13.2 Å². The Morgan fingerprint density at radius 1 is 1.45 bits per heavy atom. The number of carbonyl (C=O) groups is 1. The smallest absolute Gasteiger partial charge is 0.224 e. The van der Waals surface area contributed by atoms with Gasteiger partial charge in [-0.3, -0.25) is 4.79 Å². The van der Waals surface area contributed by atoms with Crippen LogP contribution in [0.1, 0.15) is 31.0 Å². The highest BCUT2D eigenvalue weighted by Gasteiger charge is 2.22. The summed E-state index contributed by atoms with van der Waals surface area (Å²) in [6, 6.07) is 8.30. The molecule has 22 heavy (non-hydrogen) atoms. The number of aryl methyl sites for hydroxylation is 1. The summed E-state index contributed by atoms with van der Waals surface area (Å²) in [5, 5.41) is 4.29. The van der Waals surface area contributed by atoms with Crippen LogP contribution in [0.25, 0.3) is 10.9 Å². The molecule has 2 atom stereocenters. The molecule has 3 rings (SSSR count). The van der Waals surface area contributed by atoms with E-state index in [0.29, 0.717) is 12.3 Å². The lowest BCUT2D eigenvalue weighted by Crippen LogP contribution is -2.41. The van der Waals surface area contributed by atoms with E-state index in [1.807, 2.05) is 25.1 Å². The van der Waals surface area contributed by atoms with Crippen molar-refractivity contribution in [2.45, 2.75) is 39.2 Å². The minimum absolute atomic E-state index is 0.0888. The molecule has 2 aromatic rings. The van der Waals surface area contributed by atoms with Gasteiger partial charge in [0.25, 0.3) is 0 Å². The fourth-order valence-corrected chi connectivity index (χ4v) is 3.31. The lowest BCUT2D eigenvalue weighted by molar-refractivity contribution is -0.121. The van der Waals surface area contributed by atoms with E-state index in [1.165, 1.54) is 0 Å². The molecule has 1 amide bonds. The SMILES string of the molecule is Cc1[nH]c2ccccc2c1CC(=O)N[C@@H](C)[C@@H]1CCCOC1. The summed E-state index contributed by atoms with van der Waals surface area (Å²) < 4.78 is 5.51. The molecule has 2 heterocycles. The Labute approximate surface area is 131 Å². The second kappa shape index (κ2) is 6.53. The third-order valence-corrected chi connectivity index (χ3v) is 4.66. The summed E-state index contributed by atoms with van der Waals surface area (Å²) >= 11 is 0. The second-order valence-corrected chi connectivity index (χ2v) is 6.28. The quantitative estimate of drug-likeness (QED) is 0.912. The van der Waals surface area contributed by atoms with Crippen LogP contribution in [-0.4, -0.2) is 30.1 Å². The predicted molar refractivity (Wildman–Crippen MR) is 87.9 cm³/mol. The first-order valence-corrected chi connectivity index (χ1v) is 8.08. The van der Waals surface area contributed by atoms with Gasteiger partial charge < -0.3 is 15.0 Å². The number of ether oxygens (including phenoxy) is 1. The van der Waals surface area contributed by atoms with Crippen LogP contribution >= 0.6 is 0 Å². The topological polar surface area (TPSA) is 54.1 Å². The number of fused-ring (bicyclic) bond motifs is 1. The summed E-state index contributed by atoms with van der Waals surface area (Å²) in [4.78, 5) is 15.7. The minimum atomic E-state index is 0.0888. The van der Waals surface area contributed by atoms with E-state index >= 15 is 0 Å². The van der Waals surface area contributed by atoms with Gasteiger partial charge in [0.1, 0.15) is 0 Å². The number of nitrogens with one attached hydrogen (secondary N) is 2. The van der Waals surface area contributed by atoms with Crippen molar-refractivity contribution in [3.8, 4) is 0 Å². The highest BCUT2D eigenvalue weighted by Crippen LogP contribution is 2.22. The van der Waals surface area contributed by atoms with Crippen molar-refractivity contribution in [1.29, 1.82) is 0 Å². The number of hydrogen-bond donors (Lipinski definition) is 2. The highest BCUT2D eigenvalue weighted by molar-refractivity contribution is 5.90. The van der Waals surface area contributed by atoms with Crippen LogP contribution in [0.15, 0.2) is 24.3 Å². The van der Waals surface area contributed by atoms with E-state index in [9.17, 15) is 4.79 Å². The number of H-pyrrole nitrogens is 1. The van der Waals surface area contributed by atoms with Gasteiger partial charge in [-0.2, -0.15) is 0 Å². The molecule has 1 aromatic heterocycles. The molecule has 118 valence electrons. The van der Waals surface area contributed by atoms with Crippen molar-refractivity contribution in [1.82, 2.24) is 10.3 Å². The maximum absolute atomic E-state index is 12.4. The van der Waals surface area contributed by atoms with Crippen LogP contribution in [0.2, 0.25) is 0 Å². The van der Waals surface area contributed by atoms with Crippen LogP contribution in [0.3, 0.4) is 0 Å². The number of benzene rings is 1. The zero-order valence-electron chi connectivity index (χ0n) is 13.3. The molecule has 1 aromatic carbocycles. The molecule has 0 radical (unpaired) electrons. The number of para-hydroxylation sites is 1. The van der Waals surface area contributed by atoms with Gasteiger partial charge in [0.05, 0.1) is 13.0 Å². The molecule has 4 heteroatoms. The van der Waals surface area contributed by atoms with Crippen LogP contribution in [0.5, 0.6) is 0 Å². The maximum Gasteiger partial charge on any atom is 0.224 e. The Morgan fingerprint density at radius 3 is 3.05 bits per heavy atom. The lowest BCUT2D eigenvalue weighted by atomic mass is 9.94. The molecular formula is C18H24N2O2. The minimum Gasteiger partial charge on any atom is -0.381 e. The summed E-state index contributed by atoms with van der Waals surface area (Å²) in [5.41, 5.74) is 3.27. The first-order chi connectivity index (χ1) is 10.6. The molecule has 0 unspecified atom stereocenters. The molecular weight excluding hydrogens is 276 g/mol. The molecule has 0 spiro atoms. The van der Waals surface area contributed by atoms with Crippen LogP contribution < -0.4 is 5.32 Å². The number of hydrogen-bond acceptors (Lipinski definition) is 2. The standard InChI is InChI=1S/C18H24N2O2/c1-12(14-6-5-9-22-11-14)20-18(21)10-16-13(2)19-17-8-4-3-7-15(16)17/h3-4,7-8,12,14,19H,5-6,9-11H2,1-2H3,(H,20,21)/t12-,14+/m0/s1. The third-order valence-electron chi connectivity index (χ3n) is 4.66. The van der Waals surface area contributed by atoms with Gasteiger partial charge >= 0.3 is 0 Å². The van der Waals surface area contributed by atoms with Crippen molar-refractivity contribution >= 4 is 16.8 Å². The van der Waals surface area contributed by atoms with E-state index < -0.39 is 0 Å². The fourth-order valence-electron chi connectivity index (χ4n) is 3.31. The summed E-state index contributed by atoms with van der Waals surface area (Å²) in [7, 11) is 0. The number of aromatic amines is 1. The van der Waals surface area contributed by atoms with E-state index in [1.54, 1.807) is 0 Å². The maximum atomic E-state index is 12.4. The molecule has 2 N–H and O–H groups in total. The Morgan fingerprint density at radius 2 is 2.27 bits per heavy atom. The lowest BCUT2D eigenvalue weighted by Gasteiger charge is -2.28. The molecule has 0 saturated carbocycles. The number of carbonyl (C=O) groups excluding carboxylic acids is 1. The summed E-state index contributed by atoms with van der Waals surface area (Å²) in [6.07, 6.45) is 2.65. The molecule has 1 saturated heterocycles. The Bertz CT molecular complexity index is 656. The second-order valence-electron chi connectivity index (χ2n) is 6.28. The average molecular weight is 300 g/mol. The predicted octanol–water partition coefficient (Wildman–Crippen LogP) is 2.95. The molecule has 1 fully saturated rings. The van der Waals surface area contributed by atoms with Crippen LogP contribution in [-0.2, 0) is 16.0 Å². The first kappa shape index (κ1) is 15.1. The summed E-state index contributed by atoms with van der Waals surface area (Å²) in [6.45, 7) is 5.72. The zero-order valence-corrected chi connectivity index (χ0v) is 13.3. The highest BCUT2D eigenvalue weighted by atomic mass is 16.5.